The van der Waals surface area contributed by atoms with E-state index < -0.39 is 4.92 Å². The summed E-state index contributed by atoms with van der Waals surface area (Å²) in [4.78, 5) is 37.1. The summed E-state index contributed by atoms with van der Waals surface area (Å²) in [6, 6.07) is 13.3. The number of nitro groups is 1. The topological polar surface area (TPSA) is 89.8 Å². The first-order chi connectivity index (χ1) is 13.5. The van der Waals surface area contributed by atoms with E-state index in [2.05, 4.69) is 0 Å². The van der Waals surface area contributed by atoms with Crippen LogP contribution in [0.25, 0.3) is 0 Å². The first-order valence-corrected chi connectivity index (χ1v) is 9.36. The molecular formula is C21H20N2O5. The van der Waals surface area contributed by atoms with Gasteiger partial charge >= 0.3 is 0 Å². The number of rotatable bonds is 5. The molecule has 0 aromatic heterocycles. The summed E-state index contributed by atoms with van der Waals surface area (Å²) < 4.78 is 5.92. The summed E-state index contributed by atoms with van der Waals surface area (Å²) in [5.41, 5.74) is 1.78. The van der Waals surface area contributed by atoms with Gasteiger partial charge in [0, 0.05) is 18.2 Å². The number of ether oxygens (including phenoxy) is 1. The molecule has 0 spiro atoms. The summed E-state index contributed by atoms with van der Waals surface area (Å²) in [7, 11) is 0. The smallest absolute Gasteiger partial charge is 0.269 e. The SMILES string of the molecule is O=C1c2ccccc2C(=O)N1[C@H]1CC[C@H](OCc2cccc([N+](=O)[O-])c2)CC1. The zero-order valence-corrected chi connectivity index (χ0v) is 15.2. The number of non-ortho nitro benzene ring substituents is 1. The molecule has 2 aliphatic rings. The van der Waals surface area contributed by atoms with E-state index in [4.69, 9.17) is 4.74 Å². The van der Waals surface area contributed by atoms with Crippen molar-refractivity contribution in [2.45, 2.75) is 44.4 Å². The van der Waals surface area contributed by atoms with Gasteiger partial charge < -0.3 is 4.74 Å². The summed E-state index contributed by atoms with van der Waals surface area (Å²) in [5, 5.41) is 10.9. The number of carbonyl (C=O) groups excluding carboxylic acids is 2. The third kappa shape index (κ3) is 3.41. The molecule has 1 heterocycles. The van der Waals surface area contributed by atoms with Crippen molar-refractivity contribution in [1.29, 1.82) is 0 Å². The minimum Gasteiger partial charge on any atom is -0.374 e. The van der Waals surface area contributed by atoms with Crippen LogP contribution in [0.2, 0.25) is 0 Å². The van der Waals surface area contributed by atoms with Crippen LogP contribution in [-0.2, 0) is 11.3 Å². The van der Waals surface area contributed by atoms with E-state index in [1.807, 2.05) is 0 Å². The highest BCUT2D eigenvalue weighted by molar-refractivity contribution is 6.21. The predicted octanol–water partition coefficient (Wildman–Crippen LogP) is 3.72. The number of imide groups is 1. The molecule has 0 unspecified atom stereocenters. The van der Waals surface area contributed by atoms with Crippen LogP contribution in [0.1, 0.15) is 52.0 Å². The van der Waals surface area contributed by atoms with Crippen LogP contribution in [0.5, 0.6) is 0 Å². The molecule has 7 heteroatoms. The molecule has 1 saturated carbocycles. The average Bonchev–Trinajstić information content (AvgIpc) is 2.98. The molecule has 2 aromatic carbocycles. The Hall–Kier alpha value is -3.06. The van der Waals surface area contributed by atoms with Gasteiger partial charge in [-0.05, 0) is 43.4 Å². The minimum absolute atomic E-state index is 0.0192. The molecule has 0 saturated heterocycles. The standard InChI is InChI=1S/C21H20N2O5/c24-20-18-6-1-2-7-19(18)21(25)22(20)15-8-10-17(11-9-15)28-13-14-4-3-5-16(12-14)23(26)27/h1-7,12,15,17H,8-11,13H2/t15-,17-. The molecule has 1 aliphatic carbocycles. The Morgan fingerprint density at radius 3 is 2.21 bits per heavy atom. The van der Waals surface area contributed by atoms with Gasteiger partial charge in [0.15, 0.2) is 0 Å². The zero-order valence-electron chi connectivity index (χ0n) is 15.2. The van der Waals surface area contributed by atoms with E-state index in [9.17, 15) is 19.7 Å². The Bertz CT molecular complexity index is 899. The predicted molar refractivity (Wildman–Crippen MR) is 101 cm³/mol. The summed E-state index contributed by atoms with van der Waals surface area (Å²) >= 11 is 0. The zero-order chi connectivity index (χ0) is 19.7. The Balaban J connectivity index is 1.33. The Morgan fingerprint density at radius 2 is 1.61 bits per heavy atom. The summed E-state index contributed by atoms with van der Waals surface area (Å²) in [6.45, 7) is 0.310. The Kier molecular flexibility index (Phi) is 4.92. The maximum Gasteiger partial charge on any atom is 0.269 e. The van der Waals surface area contributed by atoms with Crippen molar-refractivity contribution in [3.8, 4) is 0 Å². The lowest BCUT2D eigenvalue weighted by atomic mass is 9.92. The lowest BCUT2D eigenvalue weighted by Crippen LogP contribution is -2.43. The highest BCUT2D eigenvalue weighted by Crippen LogP contribution is 2.32. The van der Waals surface area contributed by atoms with E-state index in [1.165, 1.54) is 17.0 Å². The number of nitro benzene ring substituents is 1. The van der Waals surface area contributed by atoms with Gasteiger partial charge in [-0.2, -0.15) is 0 Å². The molecule has 28 heavy (non-hydrogen) atoms. The van der Waals surface area contributed by atoms with Crippen LogP contribution in [-0.4, -0.2) is 33.8 Å². The van der Waals surface area contributed by atoms with Crippen LogP contribution in [0.4, 0.5) is 5.69 Å². The maximum absolute atomic E-state index is 12.6. The van der Waals surface area contributed by atoms with Gasteiger partial charge in [0.2, 0.25) is 0 Å². The third-order valence-electron chi connectivity index (χ3n) is 5.44. The number of hydrogen-bond donors (Lipinski definition) is 0. The van der Waals surface area contributed by atoms with Gasteiger partial charge in [-0.1, -0.05) is 24.3 Å². The van der Waals surface area contributed by atoms with Crippen molar-refractivity contribution in [3.63, 3.8) is 0 Å². The fourth-order valence-electron chi connectivity index (χ4n) is 3.98. The minimum atomic E-state index is -0.420. The second-order valence-corrected chi connectivity index (χ2v) is 7.19. The number of hydrogen-bond acceptors (Lipinski definition) is 5. The molecule has 0 N–H and O–H groups in total. The van der Waals surface area contributed by atoms with Crippen LogP contribution in [0.3, 0.4) is 0 Å². The average molecular weight is 380 g/mol. The molecule has 2 aromatic rings. The second kappa shape index (κ2) is 7.52. The highest BCUT2D eigenvalue weighted by Gasteiger charge is 2.40. The number of amides is 2. The van der Waals surface area contributed by atoms with E-state index >= 15 is 0 Å². The molecule has 4 rings (SSSR count). The van der Waals surface area contributed by atoms with Crippen molar-refractivity contribution in [2.24, 2.45) is 0 Å². The monoisotopic (exact) mass is 380 g/mol. The van der Waals surface area contributed by atoms with Gasteiger partial charge in [0.25, 0.3) is 17.5 Å². The molecule has 7 nitrogen and oxygen atoms in total. The highest BCUT2D eigenvalue weighted by atomic mass is 16.6. The molecule has 0 radical (unpaired) electrons. The van der Waals surface area contributed by atoms with Gasteiger partial charge in [0.1, 0.15) is 0 Å². The van der Waals surface area contributed by atoms with E-state index in [-0.39, 0.29) is 29.6 Å². The lowest BCUT2D eigenvalue weighted by molar-refractivity contribution is -0.385. The van der Waals surface area contributed by atoms with E-state index in [0.29, 0.717) is 30.6 Å². The van der Waals surface area contributed by atoms with Crippen LogP contribution in [0, 0.1) is 10.1 Å². The first kappa shape index (κ1) is 18.3. The Labute approximate surface area is 162 Å². The first-order valence-electron chi connectivity index (χ1n) is 9.36. The van der Waals surface area contributed by atoms with E-state index in [0.717, 1.165) is 18.4 Å². The van der Waals surface area contributed by atoms with Crippen molar-refractivity contribution >= 4 is 17.5 Å². The maximum atomic E-state index is 12.6. The fraction of sp³-hybridized carbons (Fsp3) is 0.333. The van der Waals surface area contributed by atoms with Crippen LogP contribution >= 0.6 is 0 Å². The van der Waals surface area contributed by atoms with Gasteiger partial charge in [-0.3, -0.25) is 24.6 Å². The lowest BCUT2D eigenvalue weighted by Gasteiger charge is -2.33. The van der Waals surface area contributed by atoms with Gasteiger partial charge in [-0.15, -0.1) is 0 Å². The summed E-state index contributed by atoms with van der Waals surface area (Å²) in [5.74, 6) is -0.414. The number of nitrogens with zero attached hydrogens (tertiary/aromatic N) is 2. The Morgan fingerprint density at radius 1 is 0.964 bits per heavy atom. The number of carbonyl (C=O) groups is 2. The van der Waals surface area contributed by atoms with Crippen molar-refractivity contribution < 1.29 is 19.2 Å². The molecule has 0 bridgehead atoms. The molecular weight excluding hydrogens is 360 g/mol. The van der Waals surface area contributed by atoms with Crippen LogP contribution < -0.4 is 0 Å². The molecule has 2 amide bonds. The third-order valence-corrected chi connectivity index (χ3v) is 5.44. The quantitative estimate of drug-likeness (QED) is 0.448. The fourth-order valence-corrected chi connectivity index (χ4v) is 3.98. The normalized spacial score (nSPS) is 21.6. The molecule has 144 valence electrons. The number of benzene rings is 2. The largest absolute Gasteiger partial charge is 0.374 e. The molecule has 1 aliphatic heterocycles. The number of fused-ring (bicyclic) bond motifs is 1. The van der Waals surface area contributed by atoms with E-state index in [1.54, 1.807) is 36.4 Å². The van der Waals surface area contributed by atoms with Crippen molar-refractivity contribution in [3.05, 3.63) is 75.3 Å². The van der Waals surface area contributed by atoms with Crippen molar-refractivity contribution in [1.82, 2.24) is 4.90 Å². The molecule has 1 fully saturated rings. The van der Waals surface area contributed by atoms with Gasteiger partial charge in [0.05, 0.1) is 28.8 Å². The van der Waals surface area contributed by atoms with Crippen molar-refractivity contribution in [2.75, 3.05) is 0 Å². The molecule has 0 atom stereocenters. The van der Waals surface area contributed by atoms with Crippen LogP contribution in [0.15, 0.2) is 48.5 Å². The summed E-state index contributed by atoms with van der Waals surface area (Å²) in [6.07, 6.45) is 2.90. The van der Waals surface area contributed by atoms with Gasteiger partial charge in [-0.25, -0.2) is 0 Å². The second-order valence-electron chi connectivity index (χ2n) is 7.19.